The lowest BCUT2D eigenvalue weighted by Gasteiger charge is -1.95. The van der Waals surface area contributed by atoms with Crippen molar-refractivity contribution < 1.29 is 0 Å². The lowest BCUT2D eigenvalue weighted by Crippen LogP contribution is -1.98. The van der Waals surface area contributed by atoms with Crippen molar-refractivity contribution in [2.24, 2.45) is 0 Å². The zero-order chi connectivity index (χ0) is 9.80. The molecule has 2 aromatic heterocycles. The van der Waals surface area contributed by atoms with E-state index in [2.05, 4.69) is 27.1 Å². The Kier molecular flexibility index (Phi) is 3.16. The van der Waals surface area contributed by atoms with Crippen LogP contribution >= 0.6 is 22.9 Å². The van der Waals surface area contributed by atoms with E-state index >= 15 is 0 Å². The Morgan fingerprint density at radius 2 is 2.43 bits per heavy atom. The van der Waals surface area contributed by atoms with Crippen molar-refractivity contribution in [3.05, 3.63) is 34.3 Å². The summed E-state index contributed by atoms with van der Waals surface area (Å²) in [4.78, 5) is 0. The van der Waals surface area contributed by atoms with Crippen LogP contribution in [0.15, 0.2) is 23.0 Å². The molecule has 0 fully saturated rings. The fraction of sp³-hybridized carbons (Fsp3) is 0.333. The number of rotatable bonds is 4. The maximum Gasteiger partial charge on any atom is 0.0839 e. The Balaban J connectivity index is 2.03. The van der Waals surface area contributed by atoms with Gasteiger partial charge in [-0.1, -0.05) is 5.21 Å². The van der Waals surface area contributed by atoms with Gasteiger partial charge in [0.05, 0.1) is 12.2 Å². The van der Waals surface area contributed by atoms with Gasteiger partial charge in [0, 0.05) is 18.5 Å². The number of aromatic nitrogens is 3. The van der Waals surface area contributed by atoms with Crippen molar-refractivity contribution in [1.29, 1.82) is 0 Å². The summed E-state index contributed by atoms with van der Waals surface area (Å²) in [6.45, 7) is 0.790. The molecule has 2 aromatic rings. The van der Waals surface area contributed by atoms with Crippen molar-refractivity contribution in [2.45, 2.75) is 13.0 Å². The van der Waals surface area contributed by atoms with E-state index in [9.17, 15) is 0 Å². The van der Waals surface area contributed by atoms with Gasteiger partial charge in [0.15, 0.2) is 0 Å². The summed E-state index contributed by atoms with van der Waals surface area (Å²) in [6, 6.07) is 2.09. The predicted octanol–water partition coefficient (Wildman–Crippen LogP) is 2.17. The van der Waals surface area contributed by atoms with E-state index < -0.39 is 0 Å². The lowest BCUT2D eigenvalue weighted by molar-refractivity contribution is 0.650. The second-order valence-electron chi connectivity index (χ2n) is 2.98. The molecule has 0 amide bonds. The highest BCUT2D eigenvalue weighted by Crippen LogP contribution is 2.07. The van der Waals surface area contributed by atoms with Crippen molar-refractivity contribution in [1.82, 2.24) is 15.0 Å². The summed E-state index contributed by atoms with van der Waals surface area (Å²) < 4.78 is 1.84. The third kappa shape index (κ3) is 2.33. The van der Waals surface area contributed by atoms with Gasteiger partial charge in [0.1, 0.15) is 0 Å². The van der Waals surface area contributed by atoms with E-state index in [0.29, 0.717) is 5.88 Å². The summed E-state index contributed by atoms with van der Waals surface area (Å²) in [5.74, 6) is 0.594. The molecule has 0 aliphatic heterocycles. The molecule has 0 aliphatic rings. The Labute approximate surface area is 91.3 Å². The lowest BCUT2D eigenvalue weighted by atomic mass is 10.3. The van der Waals surface area contributed by atoms with Gasteiger partial charge in [0.2, 0.25) is 0 Å². The van der Waals surface area contributed by atoms with Gasteiger partial charge in [0.25, 0.3) is 0 Å². The number of aryl methyl sites for hydroxylation is 1. The molecule has 0 atom stereocenters. The van der Waals surface area contributed by atoms with E-state index in [1.165, 1.54) is 5.56 Å². The largest absolute Gasteiger partial charge is 0.248 e. The molecule has 0 saturated carbocycles. The Morgan fingerprint density at radius 1 is 1.50 bits per heavy atom. The SMILES string of the molecule is ClCCc1cn(Cc2ccsc2)nn1. The molecule has 74 valence electrons. The summed E-state index contributed by atoms with van der Waals surface area (Å²) in [5.41, 5.74) is 2.22. The zero-order valence-electron chi connectivity index (χ0n) is 7.56. The standard InChI is InChI=1S/C9H10ClN3S/c10-3-1-9-6-13(12-11-9)5-8-2-4-14-7-8/h2,4,6-7H,1,3,5H2. The third-order valence-corrected chi connectivity index (χ3v) is 2.78. The van der Waals surface area contributed by atoms with Gasteiger partial charge >= 0.3 is 0 Å². The Bertz CT molecular complexity index is 382. The monoisotopic (exact) mass is 227 g/mol. The third-order valence-electron chi connectivity index (χ3n) is 1.86. The molecule has 2 heterocycles. The van der Waals surface area contributed by atoms with Crippen LogP contribution in [0, 0.1) is 0 Å². The molecule has 0 unspecified atom stereocenters. The number of alkyl halides is 1. The molecule has 0 spiro atoms. The number of thiophene rings is 1. The molecular formula is C9H10ClN3S. The quantitative estimate of drug-likeness (QED) is 0.750. The average molecular weight is 228 g/mol. The minimum Gasteiger partial charge on any atom is -0.248 e. The van der Waals surface area contributed by atoms with Crippen LogP contribution in [0.25, 0.3) is 0 Å². The predicted molar refractivity (Wildman–Crippen MR) is 57.9 cm³/mol. The van der Waals surface area contributed by atoms with Gasteiger partial charge < -0.3 is 0 Å². The molecule has 0 radical (unpaired) electrons. The second-order valence-corrected chi connectivity index (χ2v) is 4.14. The number of nitrogens with zero attached hydrogens (tertiary/aromatic N) is 3. The first-order valence-electron chi connectivity index (χ1n) is 4.34. The van der Waals surface area contributed by atoms with Crippen LogP contribution in [0.3, 0.4) is 0 Å². The molecule has 0 N–H and O–H groups in total. The van der Waals surface area contributed by atoms with E-state index in [-0.39, 0.29) is 0 Å². The molecule has 0 aromatic carbocycles. The summed E-state index contributed by atoms with van der Waals surface area (Å²) in [7, 11) is 0. The fourth-order valence-corrected chi connectivity index (χ4v) is 2.05. The summed E-state index contributed by atoms with van der Waals surface area (Å²) in [6.07, 6.45) is 2.73. The molecule has 0 bridgehead atoms. The van der Waals surface area contributed by atoms with Crippen molar-refractivity contribution >= 4 is 22.9 Å². The van der Waals surface area contributed by atoms with Crippen molar-refractivity contribution in [3.8, 4) is 0 Å². The summed E-state index contributed by atoms with van der Waals surface area (Å²) in [5, 5.41) is 12.2. The van der Waals surface area contributed by atoms with Crippen molar-refractivity contribution in [2.75, 3.05) is 5.88 Å². The van der Waals surface area contributed by atoms with E-state index in [1.54, 1.807) is 11.3 Å². The Hall–Kier alpha value is -0.870. The molecule has 3 nitrogen and oxygen atoms in total. The van der Waals surface area contributed by atoms with E-state index in [4.69, 9.17) is 11.6 Å². The van der Waals surface area contributed by atoms with Gasteiger partial charge in [-0.2, -0.15) is 11.3 Å². The van der Waals surface area contributed by atoms with Crippen molar-refractivity contribution in [3.63, 3.8) is 0 Å². The van der Waals surface area contributed by atoms with Crippen LogP contribution in [0.1, 0.15) is 11.3 Å². The molecule has 2 rings (SSSR count). The number of halogens is 1. The topological polar surface area (TPSA) is 30.7 Å². The van der Waals surface area contributed by atoms with E-state index in [1.807, 2.05) is 10.9 Å². The Morgan fingerprint density at radius 3 is 3.14 bits per heavy atom. The maximum atomic E-state index is 5.61. The normalized spacial score (nSPS) is 10.6. The highest BCUT2D eigenvalue weighted by Gasteiger charge is 2.00. The smallest absolute Gasteiger partial charge is 0.0839 e. The zero-order valence-corrected chi connectivity index (χ0v) is 9.13. The van der Waals surface area contributed by atoms with Crippen LogP contribution in [0.4, 0.5) is 0 Å². The van der Waals surface area contributed by atoms with Crippen LogP contribution < -0.4 is 0 Å². The van der Waals surface area contributed by atoms with Crippen LogP contribution in [0.5, 0.6) is 0 Å². The number of hydrogen-bond acceptors (Lipinski definition) is 3. The highest BCUT2D eigenvalue weighted by molar-refractivity contribution is 7.07. The van der Waals surface area contributed by atoms with Crippen LogP contribution in [-0.2, 0) is 13.0 Å². The minimum absolute atomic E-state index is 0.594. The first-order valence-corrected chi connectivity index (χ1v) is 5.82. The highest BCUT2D eigenvalue weighted by atomic mass is 35.5. The minimum atomic E-state index is 0.594. The van der Waals surface area contributed by atoms with Gasteiger partial charge in [-0.25, -0.2) is 4.68 Å². The molecule has 5 heteroatoms. The number of hydrogen-bond donors (Lipinski definition) is 0. The van der Waals surface area contributed by atoms with Gasteiger partial charge in [-0.05, 0) is 22.4 Å². The first kappa shape index (κ1) is 9.68. The van der Waals surface area contributed by atoms with Gasteiger partial charge in [-0.15, -0.1) is 16.7 Å². The van der Waals surface area contributed by atoms with E-state index in [0.717, 1.165) is 18.7 Å². The van der Waals surface area contributed by atoms with Crippen LogP contribution in [-0.4, -0.2) is 20.9 Å². The van der Waals surface area contributed by atoms with Gasteiger partial charge in [-0.3, -0.25) is 0 Å². The molecular weight excluding hydrogens is 218 g/mol. The average Bonchev–Trinajstić information content (AvgIpc) is 2.79. The maximum absolute atomic E-state index is 5.61. The first-order chi connectivity index (χ1) is 6.88. The summed E-state index contributed by atoms with van der Waals surface area (Å²) >= 11 is 7.31. The van der Waals surface area contributed by atoms with Crippen LogP contribution in [0.2, 0.25) is 0 Å². The molecule has 0 aliphatic carbocycles. The molecule has 14 heavy (non-hydrogen) atoms. The second kappa shape index (κ2) is 4.57. The molecule has 0 saturated heterocycles. The fourth-order valence-electron chi connectivity index (χ4n) is 1.20.